The third-order valence-corrected chi connectivity index (χ3v) is 3.31. The molecule has 0 atom stereocenters. The van der Waals surface area contributed by atoms with Gasteiger partial charge in [-0.05, 0) is 13.8 Å². The van der Waals surface area contributed by atoms with Gasteiger partial charge in [0, 0.05) is 24.1 Å². The number of thioether (sulfide) groups is 1. The van der Waals surface area contributed by atoms with Crippen molar-refractivity contribution in [2.75, 3.05) is 0 Å². The van der Waals surface area contributed by atoms with Gasteiger partial charge in [0.2, 0.25) is 5.95 Å². The summed E-state index contributed by atoms with van der Waals surface area (Å²) in [7, 11) is 0. The maximum atomic E-state index is 13.4. The van der Waals surface area contributed by atoms with Crippen LogP contribution in [0.4, 0.5) is 4.39 Å². The lowest BCUT2D eigenvalue weighted by Gasteiger charge is -2.04. The third-order valence-electron chi connectivity index (χ3n) is 2.43. The van der Waals surface area contributed by atoms with Crippen molar-refractivity contribution in [3.8, 4) is 0 Å². The summed E-state index contributed by atoms with van der Waals surface area (Å²) >= 11 is 1.28. The van der Waals surface area contributed by atoms with Crippen LogP contribution in [0.3, 0.4) is 0 Å². The molecule has 2 rings (SSSR count). The molecule has 0 aliphatic heterocycles. The summed E-state index contributed by atoms with van der Waals surface area (Å²) in [4.78, 5) is 21.7. The maximum Gasteiger partial charge on any atom is 0.251 e. The predicted octanol–water partition coefficient (Wildman–Crippen LogP) is 1.73. The molecule has 2 aromatic rings. The summed E-state index contributed by atoms with van der Waals surface area (Å²) < 4.78 is 15.2. The largest absolute Gasteiger partial charge is 0.332 e. The van der Waals surface area contributed by atoms with Crippen LogP contribution in [-0.2, 0) is 12.3 Å². The smallest absolute Gasteiger partial charge is 0.251 e. The molecule has 0 saturated carbocycles. The van der Waals surface area contributed by atoms with Gasteiger partial charge < -0.3 is 9.55 Å². The lowest BCUT2D eigenvalue weighted by molar-refractivity contribution is 0.573. The number of aromatic nitrogens is 4. The number of nitrogens with zero attached hydrogens (tertiary/aromatic N) is 3. The van der Waals surface area contributed by atoms with Crippen molar-refractivity contribution < 1.29 is 4.39 Å². The lowest BCUT2D eigenvalue weighted by Crippen LogP contribution is -2.08. The first-order valence-corrected chi connectivity index (χ1v) is 6.49. The fraction of sp³-hybridized carbons (Fsp3) is 0.364. The summed E-state index contributed by atoms with van der Waals surface area (Å²) in [6.45, 7) is 4.32. The topological polar surface area (TPSA) is 63.6 Å². The highest BCUT2D eigenvalue weighted by Gasteiger charge is 2.10. The zero-order valence-corrected chi connectivity index (χ0v) is 10.9. The van der Waals surface area contributed by atoms with Crippen LogP contribution in [0.1, 0.15) is 18.3 Å². The standard InChI is InChI=1S/C11H13FN4OS/c1-3-16-6-13-10(12)8(16)5-18-11-14-7(2)4-9(17)15-11/h4,6H,3,5H2,1-2H3,(H,14,15,17). The second-order valence-electron chi connectivity index (χ2n) is 3.75. The van der Waals surface area contributed by atoms with Gasteiger partial charge in [0.1, 0.15) is 0 Å². The maximum absolute atomic E-state index is 13.4. The van der Waals surface area contributed by atoms with Crippen molar-refractivity contribution in [1.82, 2.24) is 19.5 Å². The van der Waals surface area contributed by atoms with Crippen molar-refractivity contribution in [2.24, 2.45) is 0 Å². The summed E-state index contributed by atoms with van der Waals surface area (Å²) in [5, 5.41) is 0.489. The Morgan fingerprint density at radius 1 is 1.56 bits per heavy atom. The second-order valence-corrected chi connectivity index (χ2v) is 4.71. The average molecular weight is 268 g/mol. The van der Waals surface area contributed by atoms with E-state index in [4.69, 9.17) is 0 Å². The zero-order valence-electron chi connectivity index (χ0n) is 10.1. The number of aryl methyl sites for hydroxylation is 2. The third kappa shape index (κ3) is 2.79. The quantitative estimate of drug-likeness (QED) is 0.677. The van der Waals surface area contributed by atoms with E-state index in [1.165, 1.54) is 24.2 Å². The Hall–Kier alpha value is -1.63. The fourth-order valence-electron chi connectivity index (χ4n) is 1.55. The molecule has 0 unspecified atom stereocenters. The Morgan fingerprint density at radius 3 is 3.00 bits per heavy atom. The van der Waals surface area contributed by atoms with Gasteiger partial charge in [-0.1, -0.05) is 11.8 Å². The van der Waals surface area contributed by atoms with E-state index in [0.29, 0.717) is 28.8 Å². The minimum Gasteiger partial charge on any atom is -0.332 e. The van der Waals surface area contributed by atoms with Crippen LogP contribution < -0.4 is 5.56 Å². The fourth-order valence-corrected chi connectivity index (χ4v) is 2.49. The van der Waals surface area contributed by atoms with E-state index in [-0.39, 0.29) is 5.56 Å². The van der Waals surface area contributed by atoms with Crippen LogP contribution in [0.15, 0.2) is 22.3 Å². The molecule has 5 nitrogen and oxygen atoms in total. The number of halogens is 1. The summed E-state index contributed by atoms with van der Waals surface area (Å²) in [5.74, 6) is -0.0918. The van der Waals surface area contributed by atoms with Gasteiger partial charge in [0.05, 0.1) is 12.0 Å². The summed E-state index contributed by atoms with van der Waals surface area (Å²) in [5.41, 5.74) is 0.951. The molecular weight excluding hydrogens is 255 g/mol. The number of H-pyrrole nitrogens is 1. The Labute approximate surface area is 107 Å². The van der Waals surface area contributed by atoms with E-state index in [9.17, 15) is 9.18 Å². The van der Waals surface area contributed by atoms with E-state index in [0.717, 1.165) is 0 Å². The molecule has 0 radical (unpaired) electrons. The van der Waals surface area contributed by atoms with E-state index in [1.807, 2.05) is 6.92 Å². The molecule has 0 aliphatic carbocycles. The first-order chi connectivity index (χ1) is 8.60. The highest BCUT2D eigenvalue weighted by atomic mass is 32.2. The molecule has 0 fully saturated rings. The van der Waals surface area contributed by atoms with Gasteiger partial charge >= 0.3 is 0 Å². The molecule has 2 heterocycles. The molecule has 0 saturated heterocycles. The Morgan fingerprint density at radius 2 is 2.33 bits per heavy atom. The Bertz CT molecular complexity index is 607. The molecule has 0 amide bonds. The number of imidazole rings is 1. The monoisotopic (exact) mass is 268 g/mol. The van der Waals surface area contributed by atoms with Crippen LogP contribution in [-0.4, -0.2) is 19.5 Å². The Balaban J connectivity index is 2.16. The van der Waals surface area contributed by atoms with E-state index in [1.54, 1.807) is 11.5 Å². The van der Waals surface area contributed by atoms with Crippen LogP contribution >= 0.6 is 11.8 Å². The van der Waals surface area contributed by atoms with Gasteiger partial charge in [-0.15, -0.1) is 0 Å². The number of hydrogen-bond donors (Lipinski definition) is 1. The van der Waals surface area contributed by atoms with Gasteiger partial charge in [0.15, 0.2) is 5.16 Å². The minimum atomic E-state index is -0.473. The van der Waals surface area contributed by atoms with Gasteiger partial charge in [-0.3, -0.25) is 4.79 Å². The normalized spacial score (nSPS) is 10.8. The number of nitrogens with one attached hydrogen (secondary N) is 1. The lowest BCUT2D eigenvalue weighted by atomic mass is 10.5. The first-order valence-electron chi connectivity index (χ1n) is 5.50. The summed E-state index contributed by atoms with van der Waals surface area (Å²) in [6.07, 6.45) is 1.47. The molecule has 0 aliphatic rings. The van der Waals surface area contributed by atoms with Crippen molar-refractivity contribution in [2.45, 2.75) is 31.3 Å². The molecule has 2 aromatic heterocycles. The first kappa shape index (κ1) is 12.8. The van der Waals surface area contributed by atoms with Crippen molar-refractivity contribution >= 4 is 11.8 Å². The summed E-state index contributed by atoms with van der Waals surface area (Å²) in [6, 6.07) is 1.42. The van der Waals surface area contributed by atoms with Crippen molar-refractivity contribution in [3.63, 3.8) is 0 Å². The molecule has 0 spiro atoms. The molecule has 1 N–H and O–H groups in total. The molecule has 0 aromatic carbocycles. The molecule has 96 valence electrons. The highest BCUT2D eigenvalue weighted by molar-refractivity contribution is 7.98. The molecule has 0 bridgehead atoms. The molecular formula is C11H13FN4OS. The SMILES string of the molecule is CCn1cnc(F)c1CSc1nc(C)cc(=O)[nH]1. The second kappa shape index (κ2) is 5.34. The van der Waals surface area contributed by atoms with E-state index >= 15 is 0 Å². The van der Waals surface area contributed by atoms with Crippen LogP contribution in [0.25, 0.3) is 0 Å². The van der Waals surface area contributed by atoms with Crippen molar-refractivity contribution in [1.29, 1.82) is 0 Å². The van der Waals surface area contributed by atoms with Gasteiger partial charge in [-0.25, -0.2) is 9.97 Å². The average Bonchev–Trinajstić information content (AvgIpc) is 2.66. The number of rotatable bonds is 4. The number of hydrogen-bond acceptors (Lipinski definition) is 4. The van der Waals surface area contributed by atoms with Gasteiger partial charge in [0.25, 0.3) is 5.56 Å². The highest BCUT2D eigenvalue weighted by Crippen LogP contribution is 2.20. The zero-order chi connectivity index (χ0) is 13.1. The number of aromatic amines is 1. The van der Waals surface area contributed by atoms with Crippen LogP contribution in [0.2, 0.25) is 0 Å². The molecule has 18 heavy (non-hydrogen) atoms. The molecule has 7 heteroatoms. The minimum absolute atomic E-state index is 0.200. The van der Waals surface area contributed by atoms with Gasteiger partial charge in [-0.2, -0.15) is 4.39 Å². The van der Waals surface area contributed by atoms with Crippen LogP contribution in [0, 0.1) is 12.9 Å². The van der Waals surface area contributed by atoms with E-state index < -0.39 is 5.95 Å². The predicted molar refractivity (Wildman–Crippen MR) is 67.0 cm³/mol. The van der Waals surface area contributed by atoms with E-state index in [2.05, 4.69) is 15.0 Å². The van der Waals surface area contributed by atoms with Crippen molar-refractivity contribution in [3.05, 3.63) is 40.1 Å². The Kier molecular flexibility index (Phi) is 3.81. The van der Waals surface area contributed by atoms with Crippen LogP contribution in [0.5, 0.6) is 0 Å².